The zero-order valence-corrected chi connectivity index (χ0v) is 15.8. The molecule has 1 aliphatic carbocycles. The quantitative estimate of drug-likeness (QED) is 0.608. The lowest BCUT2D eigenvalue weighted by Gasteiger charge is -2.09. The van der Waals surface area contributed by atoms with Crippen molar-refractivity contribution in [3.05, 3.63) is 32.5 Å². The summed E-state index contributed by atoms with van der Waals surface area (Å²) in [5.41, 5.74) is 14.0. The van der Waals surface area contributed by atoms with Crippen LogP contribution in [0.3, 0.4) is 0 Å². The molecule has 0 aliphatic heterocycles. The Morgan fingerprint density at radius 3 is 2.70 bits per heavy atom. The first-order valence-electron chi connectivity index (χ1n) is 8.28. The van der Waals surface area contributed by atoms with Gasteiger partial charge in [0.05, 0.1) is 16.8 Å². The normalized spacial score (nSPS) is 13.0. The molecule has 0 radical (unpaired) electrons. The predicted molar refractivity (Wildman–Crippen MR) is 107 cm³/mol. The zero-order valence-electron chi connectivity index (χ0n) is 14.1. The van der Waals surface area contributed by atoms with Gasteiger partial charge in [0.2, 0.25) is 0 Å². The molecule has 3 aromatic rings. The number of nitrogen functional groups attached to an aromatic ring is 2. The number of amides is 1. The number of hydrogen-bond donors (Lipinski definition) is 3. The van der Waals surface area contributed by atoms with Crippen molar-refractivity contribution in [1.29, 1.82) is 10.5 Å². The number of carbonyl (C=O) groups is 1. The third-order valence-corrected chi connectivity index (χ3v) is 6.91. The first kappa shape index (κ1) is 17.3. The molecule has 0 spiro atoms. The van der Waals surface area contributed by atoms with Crippen LogP contribution in [-0.4, -0.2) is 10.9 Å². The van der Waals surface area contributed by atoms with E-state index in [2.05, 4.69) is 16.4 Å². The molecule has 134 valence electrons. The molecule has 0 bridgehead atoms. The van der Waals surface area contributed by atoms with Crippen molar-refractivity contribution in [3.63, 3.8) is 0 Å². The molecule has 0 atom stereocenters. The number of hydrogen-bond acceptors (Lipinski definition) is 8. The number of anilines is 3. The van der Waals surface area contributed by atoms with Crippen LogP contribution in [0.5, 0.6) is 0 Å². The Kier molecular flexibility index (Phi) is 4.19. The molecule has 0 fully saturated rings. The standard InChI is InChI=1S/C18H14N6OS2/c19-6-8-5-10-13(21)14(27-17(10)23-15(8)22)16(25)24-18-11(7-20)9-3-1-2-4-12(9)26-18/h5H,1-4,21H2,(H2,22,23)(H,24,25). The fourth-order valence-electron chi connectivity index (χ4n) is 3.24. The van der Waals surface area contributed by atoms with E-state index >= 15 is 0 Å². The predicted octanol–water partition coefficient (Wildman–Crippen LogP) is 3.40. The second-order valence-corrected chi connectivity index (χ2v) is 8.32. The number of fused-ring (bicyclic) bond motifs is 2. The summed E-state index contributed by atoms with van der Waals surface area (Å²) in [7, 11) is 0. The number of thiophene rings is 2. The van der Waals surface area contributed by atoms with E-state index in [9.17, 15) is 10.1 Å². The van der Waals surface area contributed by atoms with Crippen LogP contribution in [0.2, 0.25) is 0 Å². The molecule has 1 aliphatic rings. The summed E-state index contributed by atoms with van der Waals surface area (Å²) < 4.78 is 0. The fraction of sp³-hybridized carbons (Fsp3) is 0.222. The van der Waals surface area contributed by atoms with Crippen LogP contribution in [0, 0.1) is 22.7 Å². The highest BCUT2D eigenvalue weighted by molar-refractivity contribution is 7.21. The molecule has 0 aromatic carbocycles. The van der Waals surface area contributed by atoms with E-state index in [1.54, 1.807) is 6.07 Å². The Labute approximate surface area is 162 Å². The number of nitrogens with two attached hydrogens (primary N) is 2. The first-order chi connectivity index (χ1) is 13.0. The van der Waals surface area contributed by atoms with Crippen LogP contribution >= 0.6 is 22.7 Å². The molecular formula is C18H14N6OS2. The Balaban J connectivity index is 1.72. The summed E-state index contributed by atoms with van der Waals surface area (Å²) in [6.45, 7) is 0. The second-order valence-electron chi connectivity index (χ2n) is 6.21. The summed E-state index contributed by atoms with van der Waals surface area (Å²) >= 11 is 2.58. The molecule has 7 nitrogen and oxygen atoms in total. The summed E-state index contributed by atoms with van der Waals surface area (Å²) in [5, 5.41) is 22.6. The number of carbonyl (C=O) groups excluding carboxylic acids is 1. The lowest BCUT2D eigenvalue weighted by atomic mass is 9.96. The maximum absolute atomic E-state index is 12.8. The summed E-state index contributed by atoms with van der Waals surface area (Å²) in [6.07, 6.45) is 3.97. The van der Waals surface area contributed by atoms with Gasteiger partial charge < -0.3 is 16.8 Å². The Morgan fingerprint density at radius 2 is 1.96 bits per heavy atom. The van der Waals surface area contributed by atoms with Gasteiger partial charge in [0.15, 0.2) is 0 Å². The Hall–Kier alpha value is -3.14. The Bertz CT molecular complexity index is 1180. The lowest BCUT2D eigenvalue weighted by Crippen LogP contribution is -2.12. The molecule has 0 unspecified atom stereocenters. The SMILES string of the molecule is N#Cc1cc2c(N)c(C(=O)Nc3sc4c(c3C#N)CCCC4)sc2nc1N. The monoisotopic (exact) mass is 394 g/mol. The van der Waals surface area contributed by atoms with Crippen LogP contribution in [0.4, 0.5) is 16.5 Å². The van der Waals surface area contributed by atoms with Gasteiger partial charge in [-0.05, 0) is 37.3 Å². The van der Waals surface area contributed by atoms with Gasteiger partial charge in [0.1, 0.15) is 32.7 Å². The van der Waals surface area contributed by atoms with Gasteiger partial charge in [-0.1, -0.05) is 0 Å². The smallest absolute Gasteiger partial charge is 0.268 e. The van der Waals surface area contributed by atoms with E-state index in [4.69, 9.17) is 16.7 Å². The van der Waals surface area contributed by atoms with Crippen molar-refractivity contribution >= 4 is 55.3 Å². The van der Waals surface area contributed by atoms with Gasteiger partial charge in [-0.2, -0.15) is 10.5 Å². The molecule has 3 aromatic heterocycles. The maximum Gasteiger partial charge on any atom is 0.268 e. The zero-order chi connectivity index (χ0) is 19.1. The van der Waals surface area contributed by atoms with E-state index in [1.807, 2.05) is 6.07 Å². The van der Waals surface area contributed by atoms with Gasteiger partial charge in [-0.15, -0.1) is 22.7 Å². The molecule has 0 saturated heterocycles. The number of rotatable bonds is 2. The molecule has 5 N–H and O–H groups in total. The van der Waals surface area contributed by atoms with E-state index in [-0.39, 0.29) is 23.0 Å². The van der Waals surface area contributed by atoms with Crippen molar-refractivity contribution in [3.8, 4) is 12.1 Å². The van der Waals surface area contributed by atoms with Gasteiger partial charge in [-0.3, -0.25) is 4.79 Å². The van der Waals surface area contributed by atoms with E-state index in [1.165, 1.54) is 16.2 Å². The second kappa shape index (κ2) is 6.54. The molecule has 4 rings (SSSR count). The summed E-state index contributed by atoms with van der Waals surface area (Å²) in [6, 6.07) is 5.74. The fourth-order valence-corrected chi connectivity index (χ4v) is 5.46. The van der Waals surface area contributed by atoms with Crippen LogP contribution in [-0.2, 0) is 12.8 Å². The van der Waals surface area contributed by atoms with Crippen molar-refractivity contribution in [2.24, 2.45) is 0 Å². The molecular weight excluding hydrogens is 380 g/mol. The highest BCUT2D eigenvalue weighted by atomic mass is 32.1. The van der Waals surface area contributed by atoms with Crippen LogP contribution in [0.1, 0.15) is 44.1 Å². The van der Waals surface area contributed by atoms with Gasteiger partial charge in [0.25, 0.3) is 5.91 Å². The molecule has 27 heavy (non-hydrogen) atoms. The molecule has 3 heterocycles. The first-order valence-corrected chi connectivity index (χ1v) is 9.91. The van der Waals surface area contributed by atoms with Crippen LogP contribution in [0.15, 0.2) is 6.07 Å². The number of aromatic nitrogens is 1. The van der Waals surface area contributed by atoms with E-state index < -0.39 is 0 Å². The topological polar surface area (TPSA) is 142 Å². The van der Waals surface area contributed by atoms with Gasteiger partial charge in [-0.25, -0.2) is 4.98 Å². The van der Waals surface area contributed by atoms with Gasteiger partial charge >= 0.3 is 0 Å². The van der Waals surface area contributed by atoms with Crippen LogP contribution < -0.4 is 16.8 Å². The minimum Gasteiger partial charge on any atom is -0.397 e. The molecule has 9 heteroatoms. The van der Waals surface area contributed by atoms with Gasteiger partial charge in [0, 0.05) is 10.3 Å². The maximum atomic E-state index is 12.8. The third-order valence-electron chi connectivity index (χ3n) is 4.59. The number of aryl methyl sites for hydroxylation is 1. The van der Waals surface area contributed by atoms with Crippen molar-refractivity contribution in [1.82, 2.24) is 4.98 Å². The number of nitrogens with one attached hydrogen (secondary N) is 1. The Morgan fingerprint density at radius 1 is 1.19 bits per heavy atom. The van der Waals surface area contributed by atoms with E-state index in [0.29, 0.717) is 25.7 Å². The van der Waals surface area contributed by atoms with E-state index in [0.717, 1.165) is 42.6 Å². The average Bonchev–Trinajstić information content (AvgIpc) is 3.17. The highest BCUT2D eigenvalue weighted by Crippen LogP contribution is 2.39. The van der Waals surface area contributed by atoms with Crippen LogP contribution in [0.25, 0.3) is 10.2 Å². The number of nitriles is 2. The highest BCUT2D eigenvalue weighted by Gasteiger charge is 2.24. The minimum atomic E-state index is -0.386. The summed E-state index contributed by atoms with van der Waals surface area (Å²) in [4.78, 5) is 19.0. The third kappa shape index (κ3) is 2.78. The average molecular weight is 394 g/mol. The van der Waals surface area contributed by atoms with Crippen molar-refractivity contribution < 1.29 is 4.79 Å². The summed E-state index contributed by atoms with van der Waals surface area (Å²) in [5.74, 6) is -0.279. The largest absolute Gasteiger partial charge is 0.397 e. The lowest BCUT2D eigenvalue weighted by molar-refractivity contribution is 0.103. The molecule has 0 saturated carbocycles. The van der Waals surface area contributed by atoms with Crippen molar-refractivity contribution in [2.45, 2.75) is 25.7 Å². The van der Waals surface area contributed by atoms with Crippen molar-refractivity contribution in [2.75, 3.05) is 16.8 Å². The molecule has 1 amide bonds. The minimum absolute atomic E-state index is 0.107. The number of pyridine rings is 1. The number of nitrogens with zero attached hydrogens (tertiary/aromatic N) is 3.